The highest BCUT2D eigenvalue weighted by Gasteiger charge is 2.47. The van der Waals surface area contributed by atoms with E-state index in [0.717, 1.165) is 16.7 Å². The SMILES string of the molecule is CCOc1ccc(C2/C(=C(\O)c3cc(C)c(OC)cc3C)C(=O)C(=O)N2c2cccc(C)c2)cc1. The van der Waals surface area contributed by atoms with Gasteiger partial charge in [0, 0.05) is 11.3 Å². The number of anilines is 1. The van der Waals surface area contributed by atoms with E-state index in [1.54, 1.807) is 31.4 Å². The van der Waals surface area contributed by atoms with Crippen LogP contribution in [0.5, 0.6) is 11.5 Å². The topological polar surface area (TPSA) is 76.1 Å². The fraction of sp³-hybridized carbons (Fsp3) is 0.241. The van der Waals surface area contributed by atoms with E-state index in [-0.39, 0.29) is 11.3 Å². The van der Waals surface area contributed by atoms with Gasteiger partial charge in [-0.15, -0.1) is 0 Å². The lowest BCUT2D eigenvalue weighted by atomic mass is 9.93. The lowest BCUT2D eigenvalue weighted by Gasteiger charge is -2.26. The number of benzene rings is 3. The van der Waals surface area contributed by atoms with Gasteiger partial charge < -0.3 is 14.6 Å². The van der Waals surface area contributed by atoms with Crippen LogP contribution in [0, 0.1) is 20.8 Å². The zero-order valence-electron chi connectivity index (χ0n) is 20.6. The Bertz CT molecular complexity index is 1320. The van der Waals surface area contributed by atoms with Crippen molar-refractivity contribution >= 4 is 23.1 Å². The fourth-order valence-corrected chi connectivity index (χ4v) is 4.51. The van der Waals surface area contributed by atoms with Gasteiger partial charge in [0.05, 0.1) is 25.3 Å². The Morgan fingerprint density at radius 3 is 2.31 bits per heavy atom. The molecule has 0 radical (unpaired) electrons. The molecule has 3 aromatic rings. The van der Waals surface area contributed by atoms with E-state index in [4.69, 9.17) is 9.47 Å². The van der Waals surface area contributed by atoms with Gasteiger partial charge in [-0.3, -0.25) is 14.5 Å². The predicted octanol–water partition coefficient (Wildman–Crippen LogP) is 5.65. The minimum atomic E-state index is -0.797. The summed E-state index contributed by atoms with van der Waals surface area (Å²) in [7, 11) is 1.58. The molecule has 0 saturated carbocycles. The molecule has 1 aliphatic rings. The van der Waals surface area contributed by atoms with E-state index in [1.165, 1.54) is 4.90 Å². The monoisotopic (exact) mass is 471 g/mol. The zero-order valence-corrected chi connectivity index (χ0v) is 20.6. The average molecular weight is 472 g/mol. The van der Waals surface area contributed by atoms with Crippen molar-refractivity contribution in [2.45, 2.75) is 33.7 Å². The number of ketones is 1. The second-order valence-electron chi connectivity index (χ2n) is 8.65. The first kappa shape index (κ1) is 24.1. The highest BCUT2D eigenvalue weighted by Crippen LogP contribution is 2.43. The molecule has 6 nitrogen and oxygen atoms in total. The van der Waals surface area contributed by atoms with E-state index in [2.05, 4.69) is 0 Å². The molecule has 1 fully saturated rings. The van der Waals surface area contributed by atoms with Crippen molar-refractivity contribution in [3.05, 3.63) is 94.1 Å². The van der Waals surface area contributed by atoms with Crippen LogP contribution in [0.4, 0.5) is 5.69 Å². The molecule has 1 atom stereocenters. The van der Waals surface area contributed by atoms with Crippen molar-refractivity contribution < 1.29 is 24.2 Å². The van der Waals surface area contributed by atoms with E-state index < -0.39 is 17.7 Å². The van der Waals surface area contributed by atoms with Crippen molar-refractivity contribution in [3.8, 4) is 11.5 Å². The fourth-order valence-electron chi connectivity index (χ4n) is 4.51. The first-order chi connectivity index (χ1) is 16.8. The first-order valence-electron chi connectivity index (χ1n) is 11.5. The van der Waals surface area contributed by atoms with Crippen LogP contribution in [-0.2, 0) is 9.59 Å². The Morgan fingerprint density at radius 1 is 0.971 bits per heavy atom. The number of aliphatic hydroxyl groups excluding tert-OH is 1. The third kappa shape index (κ3) is 4.39. The van der Waals surface area contributed by atoms with E-state index >= 15 is 0 Å². The number of aryl methyl sites for hydroxylation is 3. The minimum Gasteiger partial charge on any atom is -0.507 e. The Balaban J connectivity index is 1.94. The Morgan fingerprint density at radius 2 is 1.69 bits per heavy atom. The van der Waals surface area contributed by atoms with Crippen LogP contribution >= 0.6 is 0 Å². The number of carbonyl (C=O) groups is 2. The van der Waals surface area contributed by atoms with Gasteiger partial charge in [0.2, 0.25) is 0 Å². The maximum absolute atomic E-state index is 13.4. The standard InChI is InChI=1S/C29H29NO5/c1-6-35-22-12-10-20(11-13-22)26-25(27(31)23-15-19(4)24(34-5)16-18(23)3)28(32)29(33)30(26)21-9-7-8-17(2)14-21/h7-16,26,31H,6H2,1-5H3/b27-25+. The molecule has 1 saturated heterocycles. The Kier molecular flexibility index (Phi) is 6.65. The Labute approximate surface area is 205 Å². The molecule has 180 valence electrons. The summed E-state index contributed by atoms with van der Waals surface area (Å²) in [6.07, 6.45) is 0. The van der Waals surface area contributed by atoms with Gasteiger partial charge in [0.15, 0.2) is 0 Å². The molecule has 0 bridgehead atoms. The van der Waals surface area contributed by atoms with Crippen LogP contribution in [0.25, 0.3) is 5.76 Å². The lowest BCUT2D eigenvalue weighted by molar-refractivity contribution is -0.132. The van der Waals surface area contributed by atoms with Crippen LogP contribution in [0.15, 0.2) is 66.2 Å². The summed E-state index contributed by atoms with van der Waals surface area (Å²) >= 11 is 0. The number of Topliss-reactive ketones (excluding diaryl/α,β-unsaturated/α-hetero) is 1. The van der Waals surface area contributed by atoms with Crippen LogP contribution < -0.4 is 14.4 Å². The van der Waals surface area contributed by atoms with E-state index in [1.807, 2.05) is 64.1 Å². The van der Waals surface area contributed by atoms with Crippen LogP contribution in [0.3, 0.4) is 0 Å². The molecule has 4 rings (SSSR count). The summed E-state index contributed by atoms with van der Waals surface area (Å²) in [5.41, 5.74) is 4.32. The molecule has 1 unspecified atom stereocenters. The molecule has 1 heterocycles. The molecule has 3 aromatic carbocycles. The number of hydrogen-bond acceptors (Lipinski definition) is 5. The number of methoxy groups -OCH3 is 1. The molecule has 0 spiro atoms. The molecule has 0 aromatic heterocycles. The van der Waals surface area contributed by atoms with Crippen molar-refractivity contribution in [1.82, 2.24) is 0 Å². The number of ether oxygens (including phenoxy) is 2. The highest BCUT2D eigenvalue weighted by molar-refractivity contribution is 6.51. The van der Waals surface area contributed by atoms with Gasteiger partial charge >= 0.3 is 0 Å². The first-order valence-corrected chi connectivity index (χ1v) is 11.5. The minimum absolute atomic E-state index is 0.0494. The van der Waals surface area contributed by atoms with Gasteiger partial charge in [0.1, 0.15) is 17.3 Å². The van der Waals surface area contributed by atoms with Crippen molar-refractivity contribution in [3.63, 3.8) is 0 Å². The number of carbonyl (C=O) groups excluding carboxylic acids is 2. The number of nitrogens with zero attached hydrogens (tertiary/aromatic N) is 1. The van der Waals surface area contributed by atoms with Crippen LogP contribution in [0.1, 0.15) is 40.8 Å². The smallest absolute Gasteiger partial charge is 0.300 e. The quantitative estimate of drug-likeness (QED) is 0.286. The molecule has 1 aliphatic heterocycles. The van der Waals surface area contributed by atoms with Gasteiger partial charge in [-0.05, 0) is 86.3 Å². The molecule has 35 heavy (non-hydrogen) atoms. The second kappa shape index (κ2) is 9.66. The second-order valence-corrected chi connectivity index (χ2v) is 8.65. The number of aliphatic hydroxyl groups is 1. The largest absolute Gasteiger partial charge is 0.507 e. The summed E-state index contributed by atoms with van der Waals surface area (Å²) in [4.78, 5) is 28.2. The van der Waals surface area contributed by atoms with Crippen molar-refractivity contribution in [2.24, 2.45) is 0 Å². The summed E-state index contributed by atoms with van der Waals surface area (Å²) in [5, 5.41) is 11.5. The summed E-state index contributed by atoms with van der Waals surface area (Å²) in [5.74, 6) is -0.247. The summed E-state index contributed by atoms with van der Waals surface area (Å²) in [6.45, 7) is 8.05. The van der Waals surface area contributed by atoms with E-state index in [0.29, 0.717) is 34.9 Å². The molecule has 1 amide bonds. The molecular formula is C29H29NO5. The van der Waals surface area contributed by atoms with Crippen LogP contribution in [0.2, 0.25) is 0 Å². The maximum Gasteiger partial charge on any atom is 0.300 e. The number of hydrogen-bond donors (Lipinski definition) is 1. The van der Waals surface area contributed by atoms with Crippen LogP contribution in [-0.4, -0.2) is 30.5 Å². The average Bonchev–Trinajstić information content (AvgIpc) is 3.11. The molecule has 1 N–H and O–H groups in total. The molecular weight excluding hydrogens is 442 g/mol. The summed E-state index contributed by atoms with van der Waals surface area (Å²) < 4.78 is 11.0. The van der Waals surface area contributed by atoms with Crippen molar-refractivity contribution in [2.75, 3.05) is 18.6 Å². The lowest BCUT2D eigenvalue weighted by Crippen LogP contribution is -2.29. The zero-order chi connectivity index (χ0) is 25.3. The van der Waals surface area contributed by atoms with E-state index in [9.17, 15) is 14.7 Å². The van der Waals surface area contributed by atoms with Crippen molar-refractivity contribution in [1.29, 1.82) is 0 Å². The van der Waals surface area contributed by atoms with Gasteiger partial charge in [0.25, 0.3) is 11.7 Å². The van der Waals surface area contributed by atoms with Gasteiger partial charge in [-0.1, -0.05) is 24.3 Å². The molecule has 0 aliphatic carbocycles. The van der Waals surface area contributed by atoms with Gasteiger partial charge in [-0.25, -0.2) is 0 Å². The number of rotatable bonds is 6. The number of amides is 1. The summed E-state index contributed by atoms with van der Waals surface area (Å²) in [6, 6.07) is 17.5. The Hall–Kier alpha value is -4.06. The highest BCUT2D eigenvalue weighted by atomic mass is 16.5. The third-order valence-corrected chi connectivity index (χ3v) is 6.23. The van der Waals surface area contributed by atoms with Gasteiger partial charge in [-0.2, -0.15) is 0 Å². The molecule has 6 heteroatoms. The predicted molar refractivity (Wildman–Crippen MR) is 136 cm³/mol. The maximum atomic E-state index is 13.4. The third-order valence-electron chi connectivity index (χ3n) is 6.23. The normalized spacial score (nSPS) is 17.1.